The van der Waals surface area contributed by atoms with Gasteiger partial charge in [-0.05, 0) is 22.0 Å². The van der Waals surface area contributed by atoms with E-state index in [9.17, 15) is 4.79 Å². The number of carbonyl (C=O) groups is 1. The Morgan fingerprint density at radius 1 is 1.37 bits per heavy atom. The normalized spacial score (nSPS) is 11.1. The molecule has 94 valence electrons. The van der Waals surface area contributed by atoms with E-state index in [1.807, 2.05) is 34.7 Å². The Kier molecular flexibility index (Phi) is 4.56. The van der Waals surface area contributed by atoms with Crippen LogP contribution in [-0.4, -0.2) is 5.78 Å². The van der Waals surface area contributed by atoms with Crippen molar-refractivity contribution in [2.45, 2.75) is 0 Å². The third kappa shape index (κ3) is 3.33. The van der Waals surface area contributed by atoms with Gasteiger partial charge in [-0.3, -0.25) is 4.79 Å². The molecule has 0 N–H and O–H groups in total. The summed E-state index contributed by atoms with van der Waals surface area (Å²) in [7, 11) is 0. The van der Waals surface area contributed by atoms with Gasteiger partial charge in [0.25, 0.3) is 0 Å². The van der Waals surface area contributed by atoms with Crippen molar-refractivity contribution in [2.75, 3.05) is 0 Å². The van der Waals surface area contributed by atoms with Gasteiger partial charge in [0.1, 0.15) is 17.4 Å². The fraction of sp³-hybridized carbons (Fsp3) is 0. The van der Waals surface area contributed by atoms with Gasteiger partial charge in [-0.2, -0.15) is 5.26 Å². The lowest BCUT2D eigenvalue weighted by Crippen LogP contribution is -2.01. The lowest BCUT2D eigenvalue weighted by molar-refractivity contribution is 0.104. The Hall–Kier alpha value is -1.39. The molecule has 0 fully saturated rings. The van der Waals surface area contributed by atoms with E-state index >= 15 is 0 Å². The minimum absolute atomic E-state index is 0.0452. The number of hydrogen-bond donors (Lipinski definition) is 0. The molecule has 0 radical (unpaired) electrons. The molecule has 0 aliphatic heterocycles. The molecular weight excluding hydrogens is 421 g/mol. The molecule has 0 bridgehead atoms. The Morgan fingerprint density at radius 3 is 2.58 bits per heavy atom. The summed E-state index contributed by atoms with van der Waals surface area (Å²) >= 11 is 5.33. The second kappa shape index (κ2) is 6.17. The van der Waals surface area contributed by atoms with Crippen LogP contribution in [0.5, 0.6) is 0 Å². The molecule has 1 heterocycles. The Morgan fingerprint density at radius 2 is 2.05 bits per heavy atom. The van der Waals surface area contributed by atoms with E-state index < -0.39 is 0 Å². The van der Waals surface area contributed by atoms with Crippen molar-refractivity contribution >= 4 is 50.4 Å². The van der Waals surface area contributed by atoms with Crippen molar-refractivity contribution < 1.29 is 9.21 Å². The minimum Gasteiger partial charge on any atom is -0.450 e. The molecular formula is C14H7BrINO2. The van der Waals surface area contributed by atoms with Gasteiger partial charge in [-0.25, -0.2) is 0 Å². The first-order valence-corrected chi connectivity index (χ1v) is 7.15. The Labute approximate surface area is 132 Å². The van der Waals surface area contributed by atoms with Crippen LogP contribution >= 0.6 is 38.5 Å². The first-order chi connectivity index (χ1) is 9.11. The molecule has 0 saturated heterocycles. The SMILES string of the molecule is N#C/C(=C\c1cc(Br)c(I)o1)C(=O)c1ccccc1. The second-order valence-corrected chi connectivity index (χ2v) is 5.47. The molecule has 0 unspecified atom stereocenters. The molecule has 1 aromatic heterocycles. The number of furan rings is 1. The van der Waals surface area contributed by atoms with E-state index in [4.69, 9.17) is 9.68 Å². The van der Waals surface area contributed by atoms with Gasteiger partial charge in [0, 0.05) is 34.2 Å². The summed E-state index contributed by atoms with van der Waals surface area (Å²) in [5.74, 6) is 0.155. The van der Waals surface area contributed by atoms with Crippen molar-refractivity contribution in [1.29, 1.82) is 5.26 Å². The average molecular weight is 428 g/mol. The number of allylic oxidation sites excluding steroid dienone is 1. The summed E-state index contributed by atoms with van der Waals surface area (Å²) in [5.41, 5.74) is 0.527. The Balaban J connectivity index is 2.36. The van der Waals surface area contributed by atoms with Crippen molar-refractivity contribution in [3.8, 4) is 6.07 Å². The molecule has 0 atom stereocenters. The maximum absolute atomic E-state index is 12.1. The fourth-order valence-electron chi connectivity index (χ4n) is 1.47. The van der Waals surface area contributed by atoms with Gasteiger partial charge in [0.15, 0.2) is 3.77 Å². The third-order valence-corrected chi connectivity index (χ3v) is 4.48. The van der Waals surface area contributed by atoms with Gasteiger partial charge in [0.05, 0.1) is 4.47 Å². The summed E-state index contributed by atoms with van der Waals surface area (Å²) in [6.07, 6.45) is 1.45. The van der Waals surface area contributed by atoms with Gasteiger partial charge >= 0.3 is 0 Å². The second-order valence-electron chi connectivity index (χ2n) is 3.64. The number of nitriles is 1. The van der Waals surface area contributed by atoms with Crippen molar-refractivity contribution in [3.05, 3.63) is 61.5 Å². The first-order valence-electron chi connectivity index (χ1n) is 5.28. The molecule has 0 aliphatic rings. The molecule has 3 nitrogen and oxygen atoms in total. The third-order valence-electron chi connectivity index (χ3n) is 2.35. The van der Waals surface area contributed by atoms with Gasteiger partial charge < -0.3 is 4.42 Å². The zero-order valence-corrected chi connectivity index (χ0v) is 13.3. The lowest BCUT2D eigenvalue weighted by atomic mass is 10.0. The number of ketones is 1. The van der Waals surface area contributed by atoms with Crippen molar-refractivity contribution in [1.82, 2.24) is 0 Å². The van der Waals surface area contributed by atoms with Crippen LogP contribution in [0.15, 0.2) is 50.9 Å². The zero-order valence-electron chi connectivity index (χ0n) is 9.56. The Bertz CT molecular complexity index is 664. The number of carbonyl (C=O) groups excluding carboxylic acids is 1. The summed E-state index contributed by atoms with van der Waals surface area (Å²) in [6.45, 7) is 0. The maximum atomic E-state index is 12.1. The monoisotopic (exact) mass is 427 g/mol. The number of nitrogens with zero attached hydrogens (tertiary/aromatic N) is 1. The highest BCUT2D eigenvalue weighted by atomic mass is 127. The smallest absolute Gasteiger partial charge is 0.203 e. The highest BCUT2D eigenvalue weighted by molar-refractivity contribution is 14.1. The van der Waals surface area contributed by atoms with Gasteiger partial charge in [-0.15, -0.1) is 0 Å². The van der Waals surface area contributed by atoms with Crippen LogP contribution < -0.4 is 0 Å². The molecule has 0 saturated carbocycles. The number of hydrogen-bond acceptors (Lipinski definition) is 3. The number of Topliss-reactive ketones (excluding diaryl/α,β-unsaturated/α-hetero) is 1. The van der Waals surface area contributed by atoms with Crippen LogP contribution in [-0.2, 0) is 0 Å². The number of halogens is 2. The standard InChI is InChI=1S/C14H7BrINO2/c15-12-7-11(19-14(12)16)6-10(8-17)13(18)9-4-2-1-3-5-9/h1-7H/b10-6+. The van der Waals surface area contributed by atoms with Crippen LogP contribution in [0, 0.1) is 15.1 Å². The molecule has 0 amide bonds. The maximum Gasteiger partial charge on any atom is 0.203 e. The zero-order chi connectivity index (χ0) is 13.8. The highest BCUT2D eigenvalue weighted by Gasteiger charge is 2.13. The molecule has 2 aromatic rings. The molecule has 19 heavy (non-hydrogen) atoms. The van der Waals surface area contributed by atoms with Gasteiger partial charge in [0.2, 0.25) is 5.78 Å². The quantitative estimate of drug-likeness (QED) is 0.315. The predicted molar refractivity (Wildman–Crippen MR) is 83.5 cm³/mol. The summed E-state index contributed by atoms with van der Waals surface area (Å²) in [5, 5.41) is 9.10. The minimum atomic E-state index is -0.314. The van der Waals surface area contributed by atoms with E-state index in [2.05, 4.69) is 15.9 Å². The van der Waals surface area contributed by atoms with E-state index in [0.29, 0.717) is 15.1 Å². The predicted octanol–water partition coefficient (Wildman–Crippen LogP) is 4.44. The van der Waals surface area contributed by atoms with Crippen molar-refractivity contribution in [2.24, 2.45) is 0 Å². The molecule has 0 aliphatic carbocycles. The summed E-state index contributed by atoms with van der Waals surface area (Å²) in [6, 6.07) is 12.3. The molecule has 5 heteroatoms. The number of benzene rings is 1. The van der Waals surface area contributed by atoms with E-state index in [1.165, 1.54) is 6.08 Å². The van der Waals surface area contributed by atoms with Crippen LogP contribution in [0.2, 0.25) is 0 Å². The summed E-state index contributed by atoms with van der Waals surface area (Å²) in [4.78, 5) is 12.1. The molecule has 1 aromatic carbocycles. The van der Waals surface area contributed by atoms with Crippen LogP contribution in [0.25, 0.3) is 6.08 Å². The van der Waals surface area contributed by atoms with Crippen LogP contribution in [0.3, 0.4) is 0 Å². The largest absolute Gasteiger partial charge is 0.450 e. The molecule has 2 rings (SSSR count). The molecule has 0 spiro atoms. The number of rotatable bonds is 3. The van der Waals surface area contributed by atoms with Gasteiger partial charge in [-0.1, -0.05) is 30.3 Å². The van der Waals surface area contributed by atoms with Crippen LogP contribution in [0.1, 0.15) is 16.1 Å². The highest BCUT2D eigenvalue weighted by Crippen LogP contribution is 2.25. The topological polar surface area (TPSA) is 54.0 Å². The fourth-order valence-corrected chi connectivity index (χ4v) is 2.19. The lowest BCUT2D eigenvalue weighted by Gasteiger charge is -1.97. The average Bonchev–Trinajstić information content (AvgIpc) is 2.75. The van der Waals surface area contributed by atoms with Crippen molar-refractivity contribution in [3.63, 3.8) is 0 Å². The summed E-state index contributed by atoms with van der Waals surface area (Å²) < 4.78 is 6.86. The van der Waals surface area contributed by atoms with Crippen LogP contribution in [0.4, 0.5) is 0 Å². The van der Waals surface area contributed by atoms with E-state index in [-0.39, 0.29) is 11.4 Å². The first kappa shape index (κ1) is 14.0. The van der Waals surface area contributed by atoms with E-state index in [1.54, 1.807) is 30.3 Å². The van der Waals surface area contributed by atoms with E-state index in [0.717, 1.165) is 4.47 Å².